The highest BCUT2D eigenvalue weighted by molar-refractivity contribution is 8.21. The molecule has 0 aliphatic heterocycles. The van der Waals surface area contributed by atoms with E-state index in [1.165, 1.54) is 77.0 Å². The molecule has 0 rings (SSSR count). The molecule has 26 heavy (non-hydrogen) atoms. The lowest BCUT2D eigenvalue weighted by Gasteiger charge is -2.39. The van der Waals surface area contributed by atoms with Gasteiger partial charge in [-0.25, -0.2) is 0 Å². The summed E-state index contributed by atoms with van der Waals surface area (Å²) in [4.78, 5) is 0. The van der Waals surface area contributed by atoms with Gasteiger partial charge < -0.3 is 0 Å². The molecule has 0 N–H and O–H groups in total. The van der Waals surface area contributed by atoms with E-state index in [1.54, 1.807) is 0 Å². The molecule has 0 fully saturated rings. The number of rotatable bonds is 20. The molecule has 1 unspecified atom stereocenters. The molecule has 0 spiro atoms. The molecule has 0 aromatic heterocycles. The summed E-state index contributed by atoms with van der Waals surface area (Å²) < 4.78 is 18.2. The highest BCUT2D eigenvalue weighted by Gasteiger charge is 2.30. The van der Waals surface area contributed by atoms with E-state index >= 15 is 0 Å². The lowest BCUT2D eigenvalue weighted by atomic mass is 9.96. The molecule has 160 valence electrons. The number of hydrogen-bond acceptors (Lipinski definition) is 3. The Labute approximate surface area is 166 Å². The maximum absolute atomic E-state index is 6.07. The zero-order valence-corrected chi connectivity index (χ0v) is 19.3. The van der Waals surface area contributed by atoms with E-state index in [0.717, 1.165) is 5.75 Å². The molecule has 0 amide bonds. The van der Waals surface area contributed by atoms with Gasteiger partial charge in [0.1, 0.15) is 0 Å². The van der Waals surface area contributed by atoms with Crippen molar-refractivity contribution in [1.82, 2.24) is 0 Å². The van der Waals surface area contributed by atoms with Gasteiger partial charge in [-0.3, -0.25) is 12.5 Å². The van der Waals surface area contributed by atoms with Crippen molar-refractivity contribution in [2.75, 3.05) is 25.6 Å². The van der Waals surface area contributed by atoms with Gasteiger partial charge in [-0.15, -0.1) is 0 Å². The van der Waals surface area contributed by atoms with E-state index in [4.69, 9.17) is 12.5 Å². The van der Waals surface area contributed by atoms with Crippen molar-refractivity contribution >= 4 is 10.9 Å². The third-order valence-electron chi connectivity index (χ3n) is 4.76. The second kappa shape index (κ2) is 18.6. The maximum Gasteiger partial charge on any atom is 0.0890 e. The van der Waals surface area contributed by atoms with Crippen LogP contribution in [0.4, 0.5) is 0 Å². The Morgan fingerprint density at radius 2 is 0.923 bits per heavy atom. The minimum atomic E-state index is -1.84. The Balaban J connectivity index is 4.63. The minimum absolute atomic E-state index is 0.662. The maximum atomic E-state index is 6.07. The van der Waals surface area contributed by atoms with Crippen LogP contribution in [0.5, 0.6) is 0 Å². The smallest absolute Gasteiger partial charge is 0.0890 e. The summed E-state index contributed by atoms with van der Waals surface area (Å²) in [7, 11) is -1.84. The fraction of sp³-hybridized carbons (Fsp3) is 1.00. The first-order valence-corrected chi connectivity index (χ1v) is 13.0. The largest absolute Gasteiger partial charge is 0.293 e. The van der Waals surface area contributed by atoms with Crippen molar-refractivity contribution < 1.29 is 12.5 Å². The zero-order valence-electron chi connectivity index (χ0n) is 18.5. The van der Waals surface area contributed by atoms with Crippen LogP contribution in [0.2, 0.25) is 0 Å². The molecule has 1 atom stereocenters. The van der Waals surface area contributed by atoms with Crippen LogP contribution in [0.25, 0.3) is 0 Å². The normalized spacial score (nSPS) is 13.9. The van der Waals surface area contributed by atoms with Gasteiger partial charge in [0.05, 0.1) is 30.7 Å². The molecule has 4 heteroatoms. The van der Waals surface area contributed by atoms with Gasteiger partial charge in [0, 0.05) is 5.75 Å². The first-order valence-electron chi connectivity index (χ1n) is 11.4. The summed E-state index contributed by atoms with van der Waals surface area (Å²) in [6, 6.07) is 0. The Morgan fingerprint density at radius 1 is 0.538 bits per heavy atom. The number of hydrogen-bond donors (Lipinski definition) is 0. The molecule has 0 radical (unpaired) electrons. The molecule has 3 nitrogen and oxygen atoms in total. The van der Waals surface area contributed by atoms with Crippen LogP contribution in [-0.4, -0.2) is 25.6 Å². The SMILES string of the molecule is CCCCCCCCC(CCCCCC)CS(OCC)(OCC)OCC. The molecular formula is C22H48O3S. The molecule has 0 aromatic carbocycles. The highest BCUT2D eigenvalue weighted by atomic mass is 32.3. The van der Waals surface area contributed by atoms with E-state index in [1.807, 2.05) is 20.8 Å². The first-order chi connectivity index (χ1) is 12.7. The predicted octanol–water partition coefficient (Wildman–Crippen LogP) is 7.98. The van der Waals surface area contributed by atoms with Crippen LogP contribution in [-0.2, 0) is 12.5 Å². The van der Waals surface area contributed by atoms with E-state index in [0.29, 0.717) is 25.7 Å². The summed E-state index contributed by atoms with van der Waals surface area (Å²) in [5.74, 6) is 1.61. The Kier molecular flexibility index (Phi) is 18.8. The van der Waals surface area contributed by atoms with Gasteiger partial charge in [0.2, 0.25) is 0 Å². The van der Waals surface area contributed by atoms with Crippen molar-refractivity contribution in [3.05, 3.63) is 0 Å². The van der Waals surface area contributed by atoms with Crippen LogP contribution in [0.1, 0.15) is 112 Å². The molecule has 0 heterocycles. The topological polar surface area (TPSA) is 27.7 Å². The van der Waals surface area contributed by atoms with E-state index < -0.39 is 10.9 Å². The summed E-state index contributed by atoms with van der Waals surface area (Å²) in [5.41, 5.74) is 0. The van der Waals surface area contributed by atoms with Crippen molar-refractivity contribution in [2.45, 2.75) is 112 Å². The predicted molar refractivity (Wildman–Crippen MR) is 118 cm³/mol. The van der Waals surface area contributed by atoms with Gasteiger partial charge in [0.15, 0.2) is 0 Å². The van der Waals surface area contributed by atoms with Crippen LogP contribution in [0, 0.1) is 5.92 Å². The van der Waals surface area contributed by atoms with Crippen molar-refractivity contribution in [3.63, 3.8) is 0 Å². The Bertz CT molecular complexity index is 270. The van der Waals surface area contributed by atoms with Crippen LogP contribution < -0.4 is 0 Å². The van der Waals surface area contributed by atoms with Gasteiger partial charge in [-0.1, -0.05) is 78.1 Å². The van der Waals surface area contributed by atoms with Crippen molar-refractivity contribution in [1.29, 1.82) is 0 Å². The quantitative estimate of drug-likeness (QED) is 0.196. The minimum Gasteiger partial charge on any atom is -0.293 e. The van der Waals surface area contributed by atoms with E-state index in [2.05, 4.69) is 13.8 Å². The van der Waals surface area contributed by atoms with Gasteiger partial charge >= 0.3 is 0 Å². The highest BCUT2D eigenvalue weighted by Crippen LogP contribution is 2.53. The summed E-state index contributed by atoms with van der Waals surface area (Å²) in [6.45, 7) is 12.7. The van der Waals surface area contributed by atoms with Crippen LogP contribution >= 0.6 is 10.9 Å². The van der Waals surface area contributed by atoms with Crippen molar-refractivity contribution in [3.8, 4) is 0 Å². The Morgan fingerprint density at radius 3 is 1.35 bits per heavy atom. The molecule has 0 saturated heterocycles. The second-order valence-corrected chi connectivity index (χ2v) is 9.37. The Hall–Kier alpha value is 0.230. The lowest BCUT2D eigenvalue weighted by molar-refractivity contribution is 0.180. The molecular weight excluding hydrogens is 344 g/mol. The fourth-order valence-electron chi connectivity index (χ4n) is 3.46. The van der Waals surface area contributed by atoms with Crippen molar-refractivity contribution in [2.24, 2.45) is 5.92 Å². The van der Waals surface area contributed by atoms with E-state index in [-0.39, 0.29) is 0 Å². The van der Waals surface area contributed by atoms with Crippen LogP contribution in [0.15, 0.2) is 0 Å². The van der Waals surface area contributed by atoms with E-state index in [9.17, 15) is 0 Å². The summed E-state index contributed by atoms with van der Waals surface area (Å²) in [6.07, 6.45) is 16.1. The third-order valence-corrected chi connectivity index (χ3v) is 7.43. The zero-order chi connectivity index (χ0) is 19.5. The van der Waals surface area contributed by atoms with Gasteiger partial charge in [0.25, 0.3) is 0 Å². The second-order valence-electron chi connectivity index (χ2n) is 7.22. The standard InChI is InChI=1S/C22H48O3S/c1-6-11-13-15-16-18-20-22(19-17-14-12-7-2)21-26(23-8-3,24-9-4)25-10-5/h22H,6-21H2,1-5H3. The average molecular weight is 393 g/mol. The van der Waals surface area contributed by atoms with Crippen LogP contribution in [0.3, 0.4) is 0 Å². The lowest BCUT2D eigenvalue weighted by Crippen LogP contribution is -2.22. The molecule has 0 aromatic rings. The number of unbranched alkanes of at least 4 members (excludes halogenated alkanes) is 8. The first kappa shape index (κ1) is 26.2. The monoisotopic (exact) mass is 392 g/mol. The summed E-state index contributed by atoms with van der Waals surface area (Å²) in [5, 5.41) is 0. The van der Waals surface area contributed by atoms with Gasteiger partial charge in [-0.2, -0.15) is 0 Å². The summed E-state index contributed by atoms with van der Waals surface area (Å²) >= 11 is 0. The fourth-order valence-corrected chi connectivity index (χ4v) is 5.94. The molecule has 0 aliphatic carbocycles. The molecule has 0 saturated carbocycles. The molecule has 0 bridgehead atoms. The molecule has 0 aliphatic rings. The average Bonchev–Trinajstić information content (AvgIpc) is 2.62. The van der Waals surface area contributed by atoms with Gasteiger partial charge in [-0.05, 0) is 39.5 Å². The third kappa shape index (κ3) is 13.4.